The molecule has 0 radical (unpaired) electrons. The molecule has 0 aromatic heterocycles. The average Bonchev–Trinajstić information content (AvgIpc) is 2.87. The van der Waals surface area contributed by atoms with Crippen LogP contribution in [0.5, 0.6) is 0 Å². The van der Waals surface area contributed by atoms with Gasteiger partial charge < -0.3 is 28.8 Å². The van der Waals surface area contributed by atoms with E-state index >= 15 is 0 Å². The molecular weight excluding hydrogens is 252 g/mol. The molecule has 6 nitrogen and oxygen atoms in total. The van der Waals surface area contributed by atoms with Crippen molar-refractivity contribution in [2.45, 2.75) is 63.9 Å². The van der Waals surface area contributed by atoms with Crippen LogP contribution in [0.2, 0.25) is 0 Å². The zero-order valence-electron chi connectivity index (χ0n) is 11.8. The van der Waals surface area contributed by atoms with Crippen LogP contribution in [0.3, 0.4) is 0 Å². The van der Waals surface area contributed by atoms with E-state index in [1.54, 1.807) is 0 Å². The molecule has 3 saturated heterocycles. The van der Waals surface area contributed by atoms with Crippen molar-refractivity contribution in [3.63, 3.8) is 0 Å². The third kappa shape index (κ3) is 2.41. The Balaban J connectivity index is 1.72. The Labute approximate surface area is 112 Å². The van der Waals surface area contributed by atoms with Gasteiger partial charge in [0.1, 0.15) is 12.2 Å². The molecule has 3 heterocycles. The second-order valence-corrected chi connectivity index (χ2v) is 6.28. The standard InChI is InChI=1S/C13H22O6/c1-12(2)15-6-8(17-12)9-7(5-14)10-11(16-9)19-13(3,4)18-10/h7-11,14H,5-6H2,1-4H3/t7-,8?,9+,10-,11-/m1/s1. The fraction of sp³-hybridized carbons (Fsp3) is 1.00. The Morgan fingerprint density at radius 3 is 2.32 bits per heavy atom. The summed E-state index contributed by atoms with van der Waals surface area (Å²) in [6.07, 6.45) is -1.16. The Hall–Kier alpha value is -0.240. The Bertz CT molecular complexity index is 355. The molecule has 19 heavy (non-hydrogen) atoms. The van der Waals surface area contributed by atoms with Crippen LogP contribution in [-0.2, 0) is 23.7 Å². The number of aliphatic hydroxyl groups is 1. The quantitative estimate of drug-likeness (QED) is 0.796. The molecule has 0 spiro atoms. The summed E-state index contributed by atoms with van der Waals surface area (Å²) >= 11 is 0. The van der Waals surface area contributed by atoms with E-state index in [1.807, 2.05) is 27.7 Å². The molecule has 3 fully saturated rings. The van der Waals surface area contributed by atoms with Crippen molar-refractivity contribution in [2.75, 3.05) is 13.2 Å². The molecule has 0 aromatic rings. The number of ether oxygens (including phenoxy) is 5. The highest BCUT2D eigenvalue weighted by molar-refractivity contribution is 4.97. The molecule has 110 valence electrons. The lowest BCUT2D eigenvalue weighted by molar-refractivity contribution is -0.228. The van der Waals surface area contributed by atoms with Crippen LogP contribution >= 0.6 is 0 Å². The molecule has 0 amide bonds. The Morgan fingerprint density at radius 2 is 1.74 bits per heavy atom. The maximum atomic E-state index is 9.63. The summed E-state index contributed by atoms with van der Waals surface area (Å²) in [7, 11) is 0. The SMILES string of the molecule is CC1(C)OCC([C@H]2O[C@@H]3OC(C)(C)O[C@@H]3[C@@H]2CO)O1. The second-order valence-electron chi connectivity index (χ2n) is 6.28. The summed E-state index contributed by atoms with van der Waals surface area (Å²) in [5.74, 6) is -1.43. The number of aliphatic hydroxyl groups excluding tert-OH is 1. The Kier molecular flexibility index (Phi) is 3.16. The minimum atomic E-state index is -0.667. The topological polar surface area (TPSA) is 66.4 Å². The zero-order valence-corrected chi connectivity index (χ0v) is 11.8. The number of fused-ring (bicyclic) bond motifs is 1. The predicted molar refractivity (Wildman–Crippen MR) is 64.2 cm³/mol. The van der Waals surface area contributed by atoms with Crippen molar-refractivity contribution in [3.05, 3.63) is 0 Å². The summed E-state index contributed by atoms with van der Waals surface area (Å²) in [4.78, 5) is 0. The first-order chi connectivity index (χ1) is 8.81. The summed E-state index contributed by atoms with van der Waals surface area (Å²) < 4.78 is 28.8. The van der Waals surface area contributed by atoms with Gasteiger partial charge in [-0.15, -0.1) is 0 Å². The summed E-state index contributed by atoms with van der Waals surface area (Å²) in [5, 5.41) is 9.63. The second kappa shape index (κ2) is 4.38. The third-order valence-electron chi connectivity index (χ3n) is 3.83. The fourth-order valence-corrected chi connectivity index (χ4v) is 3.04. The first kappa shape index (κ1) is 13.7. The van der Waals surface area contributed by atoms with Crippen molar-refractivity contribution in [1.29, 1.82) is 0 Å². The van der Waals surface area contributed by atoms with Gasteiger partial charge in [-0.05, 0) is 27.7 Å². The van der Waals surface area contributed by atoms with Gasteiger partial charge in [-0.1, -0.05) is 0 Å². The molecule has 3 aliphatic heterocycles. The van der Waals surface area contributed by atoms with E-state index in [4.69, 9.17) is 23.7 Å². The first-order valence-corrected chi connectivity index (χ1v) is 6.75. The number of rotatable bonds is 2. The van der Waals surface area contributed by atoms with Crippen LogP contribution < -0.4 is 0 Å². The summed E-state index contributed by atoms with van der Waals surface area (Å²) in [5.41, 5.74) is 0. The van der Waals surface area contributed by atoms with Gasteiger partial charge in [-0.2, -0.15) is 0 Å². The minimum absolute atomic E-state index is 0.0223. The van der Waals surface area contributed by atoms with Crippen molar-refractivity contribution in [1.82, 2.24) is 0 Å². The maximum Gasteiger partial charge on any atom is 0.188 e. The van der Waals surface area contributed by atoms with E-state index in [0.717, 1.165) is 0 Å². The molecule has 3 rings (SSSR count). The molecule has 5 atom stereocenters. The van der Waals surface area contributed by atoms with E-state index in [9.17, 15) is 5.11 Å². The fourth-order valence-electron chi connectivity index (χ4n) is 3.04. The summed E-state index contributed by atoms with van der Waals surface area (Å²) in [6, 6.07) is 0. The first-order valence-electron chi connectivity index (χ1n) is 6.75. The van der Waals surface area contributed by atoms with Crippen molar-refractivity contribution >= 4 is 0 Å². The monoisotopic (exact) mass is 274 g/mol. The molecular formula is C13H22O6. The van der Waals surface area contributed by atoms with Gasteiger partial charge >= 0.3 is 0 Å². The molecule has 0 bridgehead atoms. The largest absolute Gasteiger partial charge is 0.396 e. The number of hydrogen-bond acceptors (Lipinski definition) is 6. The third-order valence-corrected chi connectivity index (χ3v) is 3.83. The lowest BCUT2D eigenvalue weighted by atomic mass is 9.96. The highest BCUT2D eigenvalue weighted by atomic mass is 16.8. The van der Waals surface area contributed by atoms with Crippen molar-refractivity contribution in [2.24, 2.45) is 5.92 Å². The van der Waals surface area contributed by atoms with Gasteiger partial charge in [0, 0.05) is 5.92 Å². The van der Waals surface area contributed by atoms with Crippen LogP contribution in [0.25, 0.3) is 0 Å². The van der Waals surface area contributed by atoms with E-state index in [1.165, 1.54) is 0 Å². The lowest BCUT2D eigenvalue weighted by Gasteiger charge is -2.28. The highest BCUT2D eigenvalue weighted by Crippen LogP contribution is 2.43. The van der Waals surface area contributed by atoms with Gasteiger partial charge in [0.05, 0.1) is 19.3 Å². The number of hydrogen-bond donors (Lipinski definition) is 1. The Morgan fingerprint density at radius 1 is 1.00 bits per heavy atom. The van der Waals surface area contributed by atoms with Crippen molar-refractivity contribution in [3.8, 4) is 0 Å². The van der Waals surface area contributed by atoms with Gasteiger partial charge in [0.15, 0.2) is 17.9 Å². The van der Waals surface area contributed by atoms with E-state index in [-0.39, 0.29) is 30.8 Å². The summed E-state index contributed by atoms with van der Waals surface area (Å²) in [6.45, 7) is 7.86. The molecule has 0 aliphatic carbocycles. The predicted octanol–water partition coefficient (Wildman–Crippen LogP) is 0.623. The van der Waals surface area contributed by atoms with Gasteiger partial charge in [-0.25, -0.2) is 0 Å². The molecule has 0 saturated carbocycles. The maximum absolute atomic E-state index is 9.63. The van der Waals surface area contributed by atoms with E-state index in [2.05, 4.69) is 0 Å². The van der Waals surface area contributed by atoms with E-state index in [0.29, 0.717) is 6.61 Å². The van der Waals surface area contributed by atoms with Gasteiger partial charge in [-0.3, -0.25) is 0 Å². The van der Waals surface area contributed by atoms with E-state index < -0.39 is 17.9 Å². The van der Waals surface area contributed by atoms with Crippen LogP contribution in [0.15, 0.2) is 0 Å². The molecule has 0 aromatic carbocycles. The lowest BCUT2D eigenvalue weighted by Crippen LogP contribution is -2.40. The van der Waals surface area contributed by atoms with Crippen LogP contribution in [0.1, 0.15) is 27.7 Å². The normalized spacial score (nSPS) is 47.5. The van der Waals surface area contributed by atoms with Gasteiger partial charge in [0.2, 0.25) is 0 Å². The van der Waals surface area contributed by atoms with Crippen molar-refractivity contribution < 1.29 is 28.8 Å². The molecule has 3 aliphatic rings. The molecule has 1 unspecified atom stereocenters. The van der Waals surface area contributed by atoms with Crippen LogP contribution in [-0.4, -0.2) is 54.5 Å². The minimum Gasteiger partial charge on any atom is -0.396 e. The molecule has 1 N–H and O–H groups in total. The zero-order chi connectivity index (χ0) is 13.8. The molecule has 6 heteroatoms. The van der Waals surface area contributed by atoms with Gasteiger partial charge in [0.25, 0.3) is 0 Å². The smallest absolute Gasteiger partial charge is 0.188 e. The average molecular weight is 274 g/mol. The van der Waals surface area contributed by atoms with Crippen LogP contribution in [0.4, 0.5) is 0 Å². The van der Waals surface area contributed by atoms with Crippen LogP contribution in [0, 0.1) is 5.92 Å². The highest BCUT2D eigenvalue weighted by Gasteiger charge is 2.57.